The molecule has 7 nitrogen and oxygen atoms in total. The lowest BCUT2D eigenvalue weighted by Gasteiger charge is -2.61. The molecule has 0 heterocycles. The molecule has 0 aromatic rings. The molecule has 0 aromatic carbocycles. The highest BCUT2D eigenvalue weighted by atomic mass is 32.3. The van der Waals surface area contributed by atoms with E-state index in [0.717, 1.165) is 124 Å². The summed E-state index contributed by atoms with van der Waals surface area (Å²) in [7, 11) is -1.72. The third kappa shape index (κ3) is 13.4. The first kappa shape index (κ1) is 62.2. The third-order valence-electron chi connectivity index (χ3n) is 25.0. The topological polar surface area (TPSA) is 80.3 Å². The van der Waals surface area contributed by atoms with E-state index in [1.807, 2.05) is 41.5 Å². The van der Waals surface area contributed by atoms with Crippen LogP contribution >= 0.6 is 10.6 Å². The first-order chi connectivity index (χ1) is 36.3. The number of rotatable bonds is 23. The molecular formula is C69H122O7S. The molecule has 77 heavy (non-hydrogen) atoms. The van der Waals surface area contributed by atoms with Crippen molar-refractivity contribution < 1.29 is 32.2 Å². The molecule has 8 rings (SSSR count). The molecule has 8 aliphatic carbocycles. The molecule has 20 atom stereocenters. The minimum Gasteiger partial charge on any atom is -0.462 e. The van der Waals surface area contributed by atoms with Crippen LogP contribution < -0.4 is 0 Å². The van der Waals surface area contributed by atoms with Crippen LogP contribution in [-0.2, 0) is 32.2 Å². The van der Waals surface area contributed by atoms with Crippen molar-refractivity contribution in [3.63, 3.8) is 0 Å². The van der Waals surface area contributed by atoms with Crippen molar-refractivity contribution in [1.82, 2.24) is 0 Å². The van der Waals surface area contributed by atoms with Gasteiger partial charge < -0.3 is 14.2 Å². The fourth-order valence-electron chi connectivity index (χ4n) is 20.5. The number of fused-ring (bicyclic) bond motifs is 10. The van der Waals surface area contributed by atoms with Gasteiger partial charge in [0.1, 0.15) is 12.2 Å². The van der Waals surface area contributed by atoms with Crippen LogP contribution in [0.25, 0.3) is 0 Å². The van der Waals surface area contributed by atoms with Gasteiger partial charge >= 0.3 is 11.9 Å². The zero-order valence-electron chi connectivity index (χ0n) is 52.8. The van der Waals surface area contributed by atoms with Crippen molar-refractivity contribution in [2.45, 2.75) is 295 Å². The summed E-state index contributed by atoms with van der Waals surface area (Å²) in [5, 5.41) is 0. The second-order valence-electron chi connectivity index (χ2n) is 31.8. The molecule has 13 unspecified atom stereocenters. The maximum Gasteiger partial charge on any atom is 0.311 e. The van der Waals surface area contributed by atoms with E-state index in [-0.39, 0.29) is 30.4 Å². The molecule has 0 bridgehead atoms. The summed E-state index contributed by atoms with van der Waals surface area (Å²) in [6, 6.07) is 0. The second kappa shape index (κ2) is 25.2. The highest BCUT2D eigenvalue weighted by Gasteiger charge is 2.63. The van der Waals surface area contributed by atoms with Crippen molar-refractivity contribution in [3.8, 4) is 0 Å². The van der Waals surface area contributed by atoms with Gasteiger partial charge in [0.15, 0.2) is 6.29 Å². The fraction of sp³-hybridized carbons (Fsp3) is 0.971. The first-order valence-electron chi connectivity index (χ1n) is 33.4. The summed E-state index contributed by atoms with van der Waals surface area (Å²) < 4.78 is 33.4. The average Bonchev–Trinajstić information content (AvgIpc) is 4.01. The van der Waals surface area contributed by atoms with Crippen molar-refractivity contribution in [1.29, 1.82) is 0 Å². The number of ether oxygens (including phenoxy) is 3. The number of carbonyl (C=O) groups excluding carboxylic acids is 2. The van der Waals surface area contributed by atoms with Crippen molar-refractivity contribution in [2.24, 2.45) is 104 Å². The van der Waals surface area contributed by atoms with E-state index in [4.69, 9.17) is 22.6 Å². The van der Waals surface area contributed by atoms with Gasteiger partial charge in [0.05, 0.1) is 17.4 Å². The maximum absolute atomic E-state index is 12.9. The van der Waals surface area contributed by atoms with E-state index in [0.29, 0.717) is 45.3 Å². The van der Waals surface area contributed by atoms with Gasteiger partial charge in [-0.2, -0.15) is 10.6 Å². The Morgan fingerprint density at radius 3 is 1.47 bits per heavy atom. The molecule has 8 fully saturated rings. The Morgan fingerprint density at radius 1 is 0.519 bits per heavy atom. The van der Waals surface area contributed by atoms with Crippen LogP contribution in [0, 0.1) is 104 Å². The van der Waals surface area contributed by atoms with Crippen LogP contribution in [0.4, 0.5) is 0 Å². The Labute approximate surface area is 476 Å². The summed E-state index contributed by atoms with van der Waals surface area (Å²) in [4.78, 5) is 25.8. The molecule has 0 radical (unpaired) electrons. The van der Waals surface area contributed by atoms with Crippen LogP contribution in [0.2, 0.25) is 0 Å². The van der Waals surface area contributed by atoms with Crippen LogP contribution in [0.3, 0.4) is 0 Å². The summed E-state index contributed by atoms with van der Waals surface area (Å²) in [5.74, 6) is 10.2. The smallest absolute Gasteiger partial charge is 0.311 e. The van der Waals surface area contributed by atoms with Crippen LogP contribution in [0.5, 0.6) is 0 Å². The highest BCUT2D eigenvalue weighted by molar-refractivity contribution is 8.25. The van der Waals surface area contributed by atoms with E-state index < -0.39 is 21.4 Å². The molecule has 0 saturated heterocycles. The van der Waals surface area contributed by atoms with Gasteiger partial charge in [-0.05, 0) is 282 Å². The van der Waals surface area contributed by atoms with E-state index in [1.54, 1.807) is 0 Å². The molecule has 446 valence electrons. The van der Waals surface area contributed by atoms with E-state index in [1.165, 1.54) is 122 Å². The number of hydrogen-bond donors (Lipinski definition) is 0. The summed E-state index contributed by atoms with van der Waals surface area (Å²) in [5.41, 5.74) is 0.762. The minimum absolute atomic E-state index is 0.0244. The van der Waals surface area contributed by atoms with Gasteiger partial charge in [-0.1, -0.05) is 81.1 Å². The minimum atomic E-state index is -1.72. The quantitative estimate of drug-likeness (QED) is 0.0573. The zero-order valence-corrected chi connectivity index (χ0v) is 53.7. The molecule has 0 amide bonds. The number of unbranched alkanes of at least 4 members (excludes halogenated alkanes) is 4. The van der Waals surface area contributed by atoms with Crippen LogP contribution in [0.15, 0.2) is 0 Å². The Kier molecular flexibility index (Phi) is 20.3. The Hall–Kier alpha value is -0.830. The van der Waals surface area contributed by atoms with Crippen molar-refractivity contribution in [2.75, 3.05) is 25.2 Å². The third-order valence-corrected chi connectivity index (χ3v) is 27.4. The van der Waals surface area contributed by atoms with Crippen molar-refractivity contribution >= 4 is 22.5 Å². The lowest BCUT2D eigenvalue weighted by molar-refractivity contribution is -0.171. The first-order valence-corrected chi connectivity index (χ1v) is 35.5. The van der Waals surface area contributed by atoms with Gasteiger partial charge in [-0.15, -0.1) is 0 Å². The molecule has 8 heteroatoms. The summed E-state index contributed by atoms with van der Waals surface area (Å²) >= 11 is 0. The highest BCUT2D eigenvalue weighted by Crippen LogP contribution is 2.70. The summed E-state index contributed by atoms with van der Waals surface area (Å²) in [6.45, 7) is 34.1. The normalized spacial score (nSPS) is 41.2. The molecule has 8 saturated carbocycles. The van der Waals surface area contributed by atoms with Gasteiger partial charge in [0.25, 0.3) is 0 Å². The lowest BCUT2D eigenvalue weighted by Crippen LogP contribution is -2.54. The van der Waals surface area contributed by atoms with E-state index >= 15 is 0 Å². The van der Waals surface area contributed by atoms with Gasteiger partial charge in [-0.3, -0.25) is 18.0 Å². The van der Waals surface area contributed by atoms with Crippen molar-refractivity contribution in [3.05, 3.63) is 0 Å². The molecule has 8 aliphatic rings. The number of hydrogen-bond acceptors (Lipinski definition) is 7. The lowest BCUT2D eigenvalue weighted by atomic mass is 9.44. The van der Waals surface area contributed by atoms with Gasteiger partial charge in [0, 0.05) is 25.0 Å². The maximum atomic E-state index is 12.9. The summed E-state index contributed by atoms with van der Waals surface area (Å²) in [6.07, 6.45) is 37.2. The fourth-order valence-corrected chi connectivity index (χ4v) is 22.6. The SMILES string of the molecule is CCCCCCCOS(C)(CCC)OC(CC[C@@H](C)C1CCC2C3CCC4C[C@H](OC(=O)C(C)(C)C)CC[C@]4(C)C3CCC21C)OCCC[C@@H](C)C1CCC2C3CCC4C[C@H](OC(=O)C(C)(C)C)CC[C@]4(C)C3CC[C@]21C. The van der Waals surface area contributed by atoms with Gasteiger partial charge in [0.2, 0.25) is 0 Å². The van der Waals surface area contributed by atoms with Crippen LogP contribution in [0.1, 0.15) is 277 Å². The standard InChI is InChI=1S/C69H122O7S/c1-16-18-19-20-21-43-73-77(15,44-17-2)76-61(33-24-48(4)56-30-32-58-54-28-26-50-46-52(75-63(71)65(8,9)10)35-39-67(50,12)60(54)37-41-69(56,58)14)72-42-22-23-47(3)55-29-31-57-53-27-25-49-45-51(74-62(70)64(5,6)7)34-38-66(49,11)59(53)36-40-68(55,57)13/h47-61H,16-46H2,1-15H3/t47-,48-,49?,50?,51-,52-,53?,54?,55?,56?,57?,58?,59?,60?,61?,66+,67+,68+,69?/m1/s1. The Bertz CT molecular complexity index is 1930. The Morgan fingerprint density at radius 2 is 0.987 bits per heavy atom. The molecule has 0 aliphatic heterocycles. The second-order valence-corrected chi connectivity index (χ2v) is 34.5. The molecular weight excluding hydrogens is 973 g/mol. The van der Waals surface area contributed by atoms with Gasteiger partial charge in [-0.25, -0.2) is 0 Å². The largest absolute Gasteiger partial charge is 0.462 e. The van der Waals surface area contributed by atoms with E-state index in [9.17, 15) is 9.59 Å². The van der Waals surface area contributed by atoms with E-state index in [2.05, 4.69) is 61.6 Å². The monoisotopic (exact) mass is 1090 g/mol. The van der Waals surface area contributed by atoms with Crippen LogP contribution in [-0.4, -0.2) is 55.7 Å². The zero-order chi connectivity index (χ0) is 55.8. The average molecular weight is 1100 g/mol. The molecule has 0 N–H and O–H groups in total. The predicted molar refractivity (Wildman–Crippen MR) is 320 cm³/mol. The number of carbonyl (C=O) groups is 2. The molecule has 0 aromatic heterocycles. The number of esters is 2. The predicted octanol–water partition coefficient (Wildman–Crippen LogP) is 19.1. The Balaban J connectivity index is 0.859. The molecule has 0 spiro atoms.